The largest absolute Gasteiger partial charge is 0.507 e. The molecule has 29 heavy (non-hydrogen) atoms. The second-order valence-corrected chi connectivity index (χ2v) is 7.83. The van der Waals surface area contributed by atoms with Gasteiger partial charge in [-0.3, -0.25) is 4.79 Å². The Balaban J connectivity index is 1.44. The van der Waals surface area contributed by atoms with Gasteiger partial charge in [0.2, 0.25) is 12.6 Å². The molecule has 0 amide bonds. The lowest BCUT2D eigenvalue weighted by Crippen LogP contribution is -3.10. The predicted molar refractivity (Wildman–Crippen MR) is 106 cm³/mol. The van der Waals surface area contributed by atoms with Crippen molar-refractivity contribution in [2.45, 2.75) is 32.2 Å². The van der Waals surface area contributed by atoms with Crippen molar-refractivity contribution in [1.82, 2.24) is 0 Å². The zero-order valence-corrected chi connectivity index (χ0v) is 16.2. The van der Waals surface area contributed by atoms with E-state index in [4.69, 9.17) is 14.2 Å². The van der Waals surface area contributed by atoms with Crippen LogP contribution in [0.5, 0.6) is 23.0 Å². The van der Waals surface area contributed by atoms with Gasteiger partial charge in [0.15, 0.2) is 23.0 Å². The molecule has 0 atom stereocenters. The van der Waals surface area contributed by atoms with E-state index in [0.717, 1.165) is 24.2 Å². The number of Topliss-reactive ketones (excluding diaryl/α,β-unsaturated/α-hetero) is 1. The summed E-state index contributed by atoms with van der Waals surface area (Å²) in [6.07, 6.45) is 6.63. The fourth-order valence-electron chi connectivity index (χ4n) is 4.28. The number of carbonyl (C=O) groups excluding carboxylic acids is 1. The number of hydrogen-bond acceptors (Lipinski definition) is 5. The highest BCUT2D eigenvalue weighted by molar-refractivity contribution is 6.15. The molecule has 3 aliphatic rings. The number of hydrogen-bond donors (Lipinski definition) is 2. The minimum absolute atomic E-state index is 0.162. The average Bonchev–Trinajstić information content (AvgIpc) is 3.20. The van der Waals surface area contributed by atoms with E-state index in [2.05, 4.69) is 0 Å². The third-order valence-electron chi connectivity index (χ3n) is 5.85. The quantitative estimate of drug-likeness (QED) is 0.784. The van der Waals surface area contributed by atoms with Crippen molar-refractivity contribution in [3.8, 4) is 23.0 Å². The number of fused-ring (bicyclic) bond motifs is 2. The number of ketones is 1. The summed E-state index contributed by atoms with van der Waals surface area (Å²) in [6.45, 7) is 3.03. The number of allylic oxidation sites excluding steroid dienone is 1. The highest BCUT2D eigenvalue weighted by Crippen LogP contribution is 2.40. The van der Waals surface area contributed by atoms with Gasteiger partial charge in [-0.2, -0.15) is 0 Å². The van der Waals surface area contributed by atoms with Crippen LogP contribution in [0.25, 0.3) is 6.08 Å². The lowest BCUT2D eigenvalue weighted by molar-refractivity contribution is -0.913. The molecule has 6 nitrogen and oxygen atoms in total. The summed E-state index contributed by atoms with van der Waals surface area (Å²) in [4.78, 5) is 14.3. The van der Waals surface area contributed by atoms with E-state index in [9.17, 15) is 9.90 Å². The highest BCUT2D eigenvalue weighted by atomic mass is 16.7. The number of ether oxygens (including phenoxy) is 3. The normalized spacial score (nSPS) is 19.9. The monoisotopic (exact) mass is 394 g/mol. The highest BCUT2D eigenvalue weighted by Gasteiger charge is 2.32. The molecular formula is C23H24NO5+. The summed E-state index contributed by atoms with van der Waals surface area (Å²) < 4.78 is 16.7. The first-order valence-corrected chi connectivity index (χ1v) is 10.2. The Hall–Kier alpha value is -2.99. The maximum Gasteiger partial charge on any atom is 0.231 e. The Morgan fingerprint density at radius 2 is 1.79 bits per heavy atom. The van der Waals surface area contributed by atoms with Crippen molar-refractivity contribution < 1.29 is 29.0 Å². The lowest BCUT2D eigenvalue weighted by atomic mass is 10.0. The van der Waals surface area contributed by atoms with Crippen molar-refractivity contribution >= 4 is 11.9 Å². The van der Waals surface area contributed by atoms with E-state index >= 15 is 0 Å². The van der Waals surface area contributed by atoms with Crippen molar-refractivity contribution in [2.24, 2.45) is 0 Å². The van der Waals surface area contributed by atoms with E-state index in [1.165, 1.54) is 30.6 Å². The van der Waals surface area contributed by atoms with Gasteiger partial charge in [-0.05, 0) is 61.6 Å². The van der Waals surface area contributed by atoms with Gasteiger partial charge < -0.3 is 24.2 Å². The van der Waals surface area contributed by atoms with Crippen LogP contribution in [0.15, 0.2) is 36.1 Å². The summed E-state index contributed by atoms with van der Waals surface area (Å²) in [5.41, 5.74) is 2.04. The number of likely N-dealkylation sites (tertiary alicyclic amines) is 1. The van der Waals surface area contributed by atoms with E-state index in [1.807, 2.05) is 18.2 Å². The smallest absolute Gasteiger partial charge is 0.231 e. The maximum absolute atomic E-state index is 12.9. The van der Waals surface area contributed by atoms with Crippen molar-refractivity contribution in [3.63, 3.8) is 0 Å². The second kappa shape index (κ2) is 7.44. The minimum Gasteiger partial charge on any atom is -0.507 e. The molecule has 2 N–H and O–H groups in total. The molecule has 0 unspecified atom stereocenters. The zero-order valence-electron chi connectivity index (χ0n) is 16.2. The fraction of sp³-hybridized carbons (Fsp3) is 0.348. The number of phenols is 1. The van der Waals surface area contributed by atoms with Crippen LogP contribution in [0.4, 0.5) is 0 Å². The number of phenolic OH excluding ortho intramolecular Hbond substituents is 1. The summed E-state index contributed by atoms with van der Waals surface area (Å²) in [6, 6.07) is 8.76. The Bertz CT molecular complexity index is 989. The third-order valence-corrected chi connectivity index (χ3v) is 5.85. The van der Waals surface area contributed by atoms with Crippen LogP contribution < -0.4 is 19.1 Å². The molecule has 3 aliphatic heterocycles. The van der Waals surface area contributed by atoms with E-state index < -0.39 is 0 Å². The third kappa shape index (κ3) is 3.44. The summed E-state index contributed by atoms with van der Waals surface area (Å²) in [7, 11) is 0. The topological polar surface area (TPSA) is 69.4 Å². The average molecular weight is 394 g/mol. The molecule has 5 rings (SSSR count). The number of rotatable bonds is 3. The van der Waals surface area contributed by atoms with Crippen molar-refractivity contribution in [1.29, 1.82) is 0 Å². The molecule has 6 heteroatoms. The SMILES string of the molecule is O=C1/C(=C/c2ccc3c(c2)OCO3)Oc2c1ccc(O)c2C[NH+]1CCCCCC1. The summed E-state index contributed by atoms with van der Waals surface area (Å²) >= 11 is 0. The first kappa shape index (κ1) is 18.1. The lowest BCUT2D eigenvalue weighted by Gasteiger charge is -2.19. The molecule has 1 saturated heterocycles. The number of nitrogens with one attached hydrogen (secondary N) is 1. The Morgan fingerprint density at radius 1 is 1.00 bits per heavy atom. The molecule has 0 saturated carbocycles. The van der Waals surface area contributed by atoms with Crippen LogP contribution in [-0.2, 0) is 6.54 Å². The van der Waals surface area contributed by atoms with Gasteiger partial charge in [0.1, 0.15) is 12.3 Å². The minimum atomic E-state index is -0.162. The molecule has 1 fully saturated rings. The number of carbonyl (C=O) groups is 1. The van der Waals surface area contributed by atoms with Crippen LogP contribution in [0.1, 0.15) is 47.2 Å². The molecular weight excluding hydrogens is 370 g/mol. The predicted octanol–water partition coefficient (Wildman–Crippen LogP) is 2.70. The molecule has 2 aromatic carbocycles. The van der Waals surface area contributed by atoms with Crippen LogP contribution in [-0.4, -0.2) is 30.8 Å². The van der Waals surface area contributed by atoms with Gasteiger partial charge in [0, 0.05) is 0 Å². The molecule has 0 aliphatic carbocycles. The molecule has 0 radical (unpaired) electrons. The van der Waals surface area contributed by atoms with Gasteiger partial charge in [-0.25, -0.2) is 0 Å². The zero-order chi connectivity index (χ0) is 19.8. The molecule has 150 valence electrons. The Kier molecular flexibility index (Phi) is 4.64. The van der Waals surface area contributed by atoms with Crippen molar-refractivity contribution in [3.05, 3.63) is 52.8 Å². The summed E-state index contributed by atoms with van der Waals surface area (Å²) in [5, 5.41) is 10.5. The first-order chi connectivity index (χ1) is 14.2. The van der Waals surface area contributed by atoms with Gasteiger partial charge >= 0.3 is 0 Å². The van der Waals surface area contributed by atoms with Crippen molar-refractivity contribution in [2.75, 3.05) is 19.9 Å². The van der Waals surface area contributed by atoms with Crippen LogP contribution in [0, 0.1) is 0 Å². The first-order valence-electron chi connectivity index (χ1n) is 10.2. The van der Waals surface area contributed by atoms with E-state index in [0.29, 0.717) is 29.4 Å². The fourth-order valence-corrected chi connectivity index (χ4v) is 4.28. The standard InChI is InChI=1S/C23H23NO5/c25-18-7-6-16-22(26)21(12-15-5-8-19-20(11-15)28-14-27-19)29-23(16)17(18)13-24-9-3-1-2-4-10-24/h5-8,11-12,25H,1-4,9-10,13-14H2/p+1/b21-12-. The van der Waals surface area contributed by atoms with Crippen LogP contribution in [0.3, 0.4) is 0 Å². The van der Waals surface area contributed by atoms with Gasteiger partial charge in [-0.1, -0.05) is 6.07 Å². The Morgan fingerprint density at radius 3 is 2.62 bits per heavy atom. The molecule has 2 aromatic rings. The number of benzene rings is 2. The molecule has 0 bridgehead atoms. The molecule has 0 aromatic heterocycles. The maximum atomic E-state index is 12.9. The molecule has 0 spiro atoms. The van der Waals surface area contributed by atoms with Gasteiger partial charge in [0.05, 0.1) is 24.2 Å². The van der Waals surface area contributed by atoms with Gasteiger partial charge in [0.25, 0.3) is 0 Å². The second-order valence-electron chi connectivity index (χ2n) is 7.83. The van der Waals surface area contributed by atoms with Crippen LogP contribution >= 0.6 is 0 Å². The van der Waals surface area contributed by atoms with Crippen LogP contribution in [0.2, 0.25) is 0 Å². The van der Waals surface area contributed by atoms with Gasteiger partial charge in [-0.15, -0.1) is 0 Å². The Labute approximate surface area is 169 Å². The van der Waals surface area contributed by atoms with E-state index in [-0.39, 0.29) is 24.1 Å². The van der Waals surface area contributed by atoms with E-state index in [1.54, 1.807) is 18.2 Å². The molecule has 3 heterocycles. The number of aromatic hydroxyl groups is 1. The number of quaternary nitrogens is 1. The summed E-state index contributed by atoms with van der Waals surface area (Å²) in [5.74, 6) is 2.14.